The summed E-state index contributed by atoms with van der Waals surface area (Å²) in [4.78, 5) is 0. The Morgan fingerprint density at radius 1 is 1.35 bits per heavy atom. The number of ether oxygens (including phenoxy) is 4. The van der Waals surface area contributed by atoms with Gasteiger partial charge in [-0.25, -0.2) is 0 Å². The molecule has 2 unspecified atom stereocenters. The molecular weight excluding hydrogens is 222 g/mol. The molecule has 1 heterocycles. The standard InChI is InChI=1S/C12H17NO4/c1-14-8-3-4-10(11(5-8)15-2)12-16-7-9(6-13)17-12/h3-5,9,12H,6-7,13H2,1-2H3. The Morgan fingerprint density at radius 3 is 2.76 bits per heavy atom. The Hall–Kier alpha value is -1.30. The quantitative estimate of drug-likeness (QED) is 0.851. The zero-order valence-electron chi connectivity index (χ0n) is 10.0. The molecule has 0 bridgehead atoms. The molecule has 0 aromatic heterocycles. The van der Waals surface area contributed by atoms with Crippen molar-refractivity contribution >= 4 is 0 Å². The summed E-state index contributed by atoms with van der Waals surface area (Å²) in [6.45, 7) is 0.964. The summed E-state index contributed by atoms with van der Waals surface area (Å²) >= 11 is 0. The first-order chi connectivity index (χ1) is 8.28. The molecule has 1 aromatic rings. The lowest BCUT2D eigenvalue weighted by Gasteiger charge is -2.15. The van der Waals surface area contributed by atoms with Crippen LogP contribution < -0.4 is 15.2 Å². The Bertz CT molecular complexity index is 383. The molecule has 2 rings (SSSR count). The number of nitrogens with two attached hydrogens (primary N) is 1. The number of benzene rings is 1. The van der Waals surface area contributed by atoms with Crippen LogP contribution >= 0.6 is 0 Å². The molecule has 0 radical (unpaired) electrons. The summed E-state index contributed by atoms with van der Waals surface area (Å²) in [7, 11) is 3.22. The average Bonchev–Trinajstić information content (AvgIpc) is 2.86. The largest absolute Gasteiger partial charge is 0.497 e. The van der Waals surface area contributed by atoms with Crippen LogP contribution in [0.5, 0.6) is 11.5 Å². The van der Waals surface area contributed by atoms with Gasteiger partial charge in [0.15, 0.2) is 6.29 Å². The molecule has 1 aliphatic heterocycles. The second-order valence-corrected chi connectivity index (χ2v) is 3.77. The van der Waals surface area contributed by atoms with Gasteiger partial charge in [0.1, 0.15) is 11.5 Å². The van der Waals surface area contributed by atoms with Crippen LogP contribution in [0.1, 0.15) is 11.9 Å². The molecule has 0 amide bonds. The van der Waals surface area contributed by atoms with E-state index in [9.17, 15) is 0 Å². The Balaban J connectivity index is 2.20. The SMILES string of the molecule is COc1ccc(C2OCC(CN)O2)c(OC)c1. The van der Waals surface area contributed by atoms with Crippen LogP contribution in [-0.2, 0) is 9.47 Å². The minimum Gasteiger partial charge on any atom is -0.497 e. The minimum absolute atomic E-state index is 0.0493. The molecular formula is C12H17NO4. The molecule has 1 aromatic carbocycles. The van der Waals surface area contributed by atoms with E-state index in [0.29, 0.717) is 18.9 Å². The van der Waals surface area contributed by atoms with E-state index < -0.39 is 6.29 Å². The van der Waals surface area contributed by atoms with E-state index in [-0.39, 0.29) is 6.10 Å². The van der Waals surface area contributed by atoms with Crippen LogP contribution in [0.2, 0.25) is 0 Å². The maximum absolute atomic E-state index is 5.64. The van der Waals surface area contributed by atoms with E-state index in [4.69, 9.17) is 24.7 Å². The Labute approximate surface area is 100 Å². The zero-order chi connectivity index (χ0) is 12.3. The van der Waals surface area contributed by atoms with E-state index in [1.807, 2.05) is 12.1 Å². The molecule has 0 spiro atoms. The molecule has 2 atom stereocenters. The van der Waals surface area contributed by atoms with Crippen LogP contribution in [0.4, 0.5) is 0 Å². The third kappa shape index (κ3) is 2.52. The molecule has 0 saturated carbocycles. The fraction of sp³-hybridized carbons (Fsp3) is 0.500. The number of methoxy groups -OCH3 is 2. The highest BCUT2D eigenvalue weighted by Gasteiger charge is 2.28. The van der Waals surface area contributed by atoms with Crippen LogP contribution in [0.15, 0.2) is 18.2 Å². The summed E-state index contributed by atoms with van der Waals surface area (Å²) in [6, 6.07) is 5.53. The molecule has 1 fully saturated rings. The van der Waals surface area contributed by atoms with E-state index in [1.54, 1.807) is 20.3 Å². The Morgan fingerprint density at radius 2 is 2.18 bits per heavy atom. The lowest BCUT2D eigenvalue weighted by molar-refractivity contribution is -0.0598. The molecule has 1 aliphatic rings. The second kappa shape index (κ2) is 5.35. The van der Waals surface area contributed by atoms with E-state index in [1.165, 1.54) is 0 Å². The van der Waals surface area contributed by atoms with Crippen molar-refractivity contribution in [2.24, 2.45) is 5.73 Å². The van der Waals surface area contributed by atoms with Crippen molar-refractivity contribution in [1.29, 1.82) is 0 Å². The lowest BCUT2D eigenvalue weighted by Crippen LogP contribution is -2.21. The van der Waals surface area contributed by atoms with Gasteiger partial charge in [-0.3, -0.25) is 0 Å². The smallest absolute Gasteiger partial charge is 0.188 e. The van der Waals surface area contributed by atoms with Gasteiger partial charge in [-0.2, -0.15) is 0 Å². The third-order valence-electron chi connectivity index (χ3n) is 2.71. The maximum atomic E-state index is 5.64. The highest BCUT2D eigenvalue weighted by molar-refractivity contribution is 5.41. The Kier molecular flexibility index (Phi) is 3.83. The van der Waals surface area contributed by atoms with E-state index in [2.05, 4.69) is 0 Å². The van der Waals surface area contributed by atoms with Crippen molar-refractivity contribution in [3.05, 3.63) is 23.8 Å². The van der Waals surface area contributed by atoms with Gasteiger partial charge in [0.2, 0.25) is 0 Å². The van der Waals surface area contributed by atoms with Crippen molar-refractivity contribution in [2.75, 3.05) is 27.4 Å². The van der Waals surface area contributed by atoms with Crippen molar-refractivity contribution in [1.82, 2.24) is 0 Å². The summed E-state index contributed by atoms with van der Waals surface area (Å²) in [5, 5.41) is 0. The first-order valence-corrected chi connectivity index (χ1v) is 5.47. The van der Waals surface area contributed by atoms with Crippen LogP contribution in [-0.4, -0.2) is 33.5 Å². The molecule has 1 saturated heterocycles. The molecule has 17 heavy (non-hydrogen) atoms. The highest BCUT2D eigenvalue weighted by Crippen LogP contribution is 2.35. The monoisotopic (exact) mass is 239 g/mol. The number of hydrogen-bond acceptors (Lipinski definition) is 5. The summed E-state index contributed by atoms with van der Waals surface area (Å²) < 4.78 is 21.6. The van der Waals surface area contributed by atoms with Gasteiger partial charge >= 0.3 is 0 Å². The summed E-state index contributed by atoms with van der Waals surface area (Å²) in [5.41, 5.74) is 6.39. The lowest BCUT2D eigenvalue weighted by atomic mass is 10.2. The molecule has 5 heteroatoms. The van der Waals surface area contributed by atoms with Gasteiger partial charge in [0.25, 0.3) is 0 Å². The van der Waals surface area contributed by atoms with Gasteiger partial charge in [-0.15, -0.1) is 0 Å². The topological polar surface area (TPSA) is 62.9 Å². The maximum Gasteiger partial charge on any atom is 0.188 e. The summed E-state index contributed by atoms with van der Waals surface area (Å²) in [5.74, 6) is 1.42. The fourth-order valence-corrected chi connectivity index (χ4v) is 1.75. The summed E-state index contributed by atoms with van der Waals surface area (Å²) in [6.07, 6.45) is -0.462. The van der Waals surface area contributed by atoms with Crippen molar-refractivity contribution in [3.8, 4) is 11.5 Å². The normalized spacial score (nSPS) is 23.7. The van der Waals surface area contributed by atoms with Gasteiger partial charge in [-0.05, 0) is 12.1 Å². The van der Waals surface area contributed by atoms with E-state index >= 15 is 0 Å². The average molecular weight is 239 g/mol. The minimum atomic E-state index is -0.413. The second-order valence-electron chi connectivity index (χ2n) is 3.77. The van der Waals surface area contributed by atoms with Crippen LogP contribution in [0.3, 0.4) is 0 Å². The fourth-order valence-electron chi connectivity index (χ4n) is 1.75. The van der Waals surface area contributed by atoms with Gasteiger partial charge in [-0.1, -0.05) is 0 Å². The molecule has 2 N–H and O–H groups in total. The van der Waals surface area contributed by atoms with Crippen molar-refractivity contribution in [3.63, 3.8) is 0 Å². The molecule has 94 valence electrons. The predicted octanol–water partition coefficient (Wildman–Crippen LogP) is 1.08. The van der Waals surface area contributed by atoms with Gasteiger partial charge < -0.3 is 24.7 Å². The first kappa shape index (κ1) is 12.2. The van der Waals surface area contributed by atoms with Crippen molar-refractivity contribution in [2.45, 2.75) is 12.4 Å². The van der Waals surface area contributed by atoms with Crippen molar-refractivity contribution < 1.29 is 18.9 Å². The highest BCUT2D eigenvalue weighted by atomic mass is 16.7. The number of rotatable bonds is 4. The molecule has 5 nitrogen and oxygen atoms in total. The molecule has 0 aliphatic carbocycles. The first-order valence-electron chi connectivity index (χ1n) is 5.47. The predicted molar refractivity (Wildman–Crippen MR) is 62.2 cm³/mol. The van der Waals surface area contributed by atoms with Crippen LogP contribution in [0.25, 0.3) is 0 Å². The zero-order valence-corrected chi connectivity index (χ0v) is 10.0. The van der Waals surface area contributed by atoms with Crippen LogP contribution in [0, 0.1) is 0 Å². The number of hydrogen-bond donors (Lipinski definition) is 1. The van der Waals surface area contributed by atoms with Gasteiger partial charge in [0, 0.05) is 18.2 Å². The van der Waals surface area contributed by atoms with E-state index in [0.717, 1.165) is 11.3 Å². The van der Waals surface area contributed by atoms with Gasteiger partial charge in [0.05, 0.1) is 26.9 Å². The third-order valence-corrected chi connectivity index (χ3v) is 2.71.